The number of allylic oxidation sites excluding steroid dienone is 1. The van der Waals surface area contributed by atoms with E-state index in [-0.39, 0.29) is 18.5 Å². The van der Waals surface area contributed by atoms with Crippen LogP contribution in [0.5, 0.6) is 5.75 Å². The van der Waals surface area contributed by atoms with Crippen LogP contribution < -0.4 is 15.4 Å². The Balaban J connectivity index is 1.75. The zero-order valence-corrected chi connectivity index (χ0v) is 15.6. The molecule has 0 aromatic heterocycles. The van der Waals surface area contributed by atoms with Gasteiger partial charge in [0, 0.05) is 5.70 Å². The smallest absolute Gasteiger partial charge is 0.338 e. The van der Waals surface area contributed by atoms with Crippen LogP contribution in [0.25, 0.3) is 0 Å². The summed E-state index contributed by atoms with van der Waals surface area (Å²) in [5, 5.41) is 5.35. The van der Waals surface area contributed by atoms with Gasteiger partial charge in [0.2, 0.25) is 0 Å². The van der Waals surface area contributed by atoms with Gasteiger partial charge in [0.1, 0.15) is 18.2 Å². The van der Waals surface area contributed by atoms with Crippen molar-refractivity contribution >= 4 is 12.0 Å². The van der Waals surface area contributed by atoms with Crippen molar-refractivity contribution in [3.8, 4) is 5.75 Å². The molecule has 1 aliphatic rings. The van der Waals surface area contributed by atoms with Crippen LogP contribution in [-0.2, 0) is 16.1 Å². The molecule has 0 spiro atoms. The minimum atomic E-state index is -0.612. The maximum absolute atomic E-state index is 13.0. The molecule has 2 amide bonds. The highest BCUT2D eigenvalue weighted by molar-refractivity contribution is 5.95. The molecule has 0 fully saturated rings. The summed E-state index contributed by atoms with van der Waals surface area (Å²) in [6, 6.07) is 12.2. The van der Waals surface area contributed by atoms with Crippen molar-refractivity contribution in [2.24, 2.45) is 0 Å². The number of amides is 2. The zero-order chi connectivity index (χ0) is 20.1. The number of hydrogen-bond donors (Lipinski definition) is 2. The van der Waals surface area contributed by atoms with Crippen molar-refractivity contribution < 1.29 is 23.5 Å². The lowest BCUT2D eigenvalue weighted by atomic mass is 9.95. The molecule has 2 aromatic carbocycles. The molecule has 3 rings (SSSR count). The van der Waals surface area contributed by atoms with Gasteiger partial charge in [0.15, 0.2) is 0 Å². The van der Waals surface area contributed by atoms with Crippen LogP contribution in [0.2, 0.25) is 0 Å². The molecule has 1 aliphatic heterocycles. The van der Waals surface area contributed by atoms with E-state index in [1.807, 2.05) is 0 Å². The number of nitrogens with one attached hydrogen (secondary N) is 2. The third-order valence-corrected chi connectivity index (χ3v) is 4.30. The molecule has 0 radical (unpaired) electrons. The van der Waals surface area contributed by atoms with E-state index in [0.29, 0.717) is 23.6 Å². The molecule has 0 saturated heterocycles. The zero-order valence-electron chi connectivity index (χ0n) is 15.6. The lowest BCUT2D eigenvalue weighted by molar-refractivity contribution is -0.139. The lowest BCUT2D eigenvalue weighted by Gasteiger charge is -2.28. The summed E-state index contributed by atoms with van der Waals surface area (Å²) in [6.07, 6.45) is 0. The van der Waals surface area contributed by atoms with E-state index in [1.54, 1.807) is 50.2 Å². The van der Waals surface area contributed by atoms with E-state index >= 15 is 0 Å². The van der Waals surface area contributed by atoms with Crippen LogP contribution in [-0.4, -0.2) is 18.6 Å². The summed E-state index contributed by atoms with van der Waals surface area (Å²) < 4.78 is 23.8. The second-order valence-electron chi connectivity index (χ2n) is 6.27. The lowest BCUT2D eigenvalue weighted by Crippen LogP contribution is -2.45. The second-order valence-corrected chi connectivity index (χ2v) is 6.27. The monoisotopic (exact) mass is 384 g/mol. The second kappa shape index (κ2) is 8.56. The van der Waals surface area contributed by atoms with Crippen molar-refractivity contribution in [2.45, 2.75) is 26.5 Å². The third-order valence-electron chi connectivity index (χ3n) is 4.30. The van der Waals surface area contributed by atoms with E-state index in [4.69, 9.17) is 9.47 Å². The normalized spacial score (nSPS) is 16.2. The fraction of sp³-hybridized carbons (Fsp3) is 0.238. The van der Waals surface area contributed by atoms with Crippen molar-refractivity contribution in [1.82, 2.24) is 10.6 Å². The van der Waals surface area contributed by atoms with Gasteiger partial charge in [-0.25, -0.2) is 14.0 Å². The Labute approximate surface area is 162 Å². The van der Waals surface area contributed by atoms with E-state index in [0.717, 1.165) is 11.1 Å². The average Bonchev–Trinajstić information content (AvgIpc) is 2.67. The molecule has 0 unspecified atom stereocenters. The maximum atomic E-state index is 13.0. The topological polar surface area (TPSA) is 76.7 Å². The van der Waals surface area contributed by atoms with Gasteiger partial charge in [0.25, 0.3) is 0 Å². The van der Waals surface area contributed by atoms with Crippen molar-refractivity contribution in [3.05, 3.63) is 76.7 Å². The predicted octanol–water partition coefficient (Wildman–Crippen LogP) is 3.60. The van der Waals surface area contributed by atoms with Gasteiger partial charge in [-0.1, -0.05) is 24.3 Å². The first-order chi connectivity index (χ1) is 13.5. The Morgan fingerprint density at radius 1 is 1.11 bits per heavy atom. The first-order valence-corrected chi connectivity index (χ1v) is 8.90. The number of esters is 1. The van der Waals surface area contributed by atoms with Gasteiger partial charge in [-0.15, -0.1) is 0 Å². The summed E-state index contributed by atoms with van der Waals surface area (Å²) in [7, 11) is 0. The molecule has 146 valence electrons. The van der Waals surface area contributed by atoms with Gasteiger partial charge in [-0.2, -0.15) is 0 Å². The number of hydrogen-bond acceptors (Lipinski definition) is 4. The fourth-order valence-corrected chi connectivity index (χ4v) is 2.93. The van der Waals surface area contributed by atoms with E-state index < -0.39 is 12.0 Å². The van der Waals surface area contributed by atoms with Crippen LogP contribution in [0.4, 0.5) is 9.18 Å². The summed E-state index contributed by atoms with van der Waals surface area (Å²) >= 11 is 0. The van der Waals surface area contributed by atoms with Crippen molar-refractivity contribution in [2.75, 3.05) is 6.61 Å². The van der Waals surface area contributed by atoms with Crippen LogP contribution in [0.15, 0.2) is 59.8 Å². The molecule has 6 nitrogen and oxygen atoms in total. The number of carbonyl (C=O) groups excluding carboxylic acids is 2. The Morgan fingerprint density at radius 3 is 2.43 bits per heavy atom. The molecule has 0 aliphatic carbocycles. The highest BCUT2D eigenvalue weighted by atomic mass is 19.1. The van der Waals surface area contributed by atoms with E-state index in [9.17, 15) is 14.0 Å². The minimum Gasteiger partial charge on any atom is -0.489 e. The molecule has 2 aromatic rings. The number of rotatable bonds is 6. The Morgan fingerprint density at radius 2 is 1.79 bits per heavy atom. The molecule has 28 heavy (non-hydrogen) atoms. The summed E-state index contributed by atoms with van der Waals surface area (Å²) in [4.78, 5) is 24.2. The third kappa shape index (κ3) is 4.49. The van der Waals surface area contributed by atoms with Crippen molar-refractivity contribution in [3.63, 3.8) is 0 Å². The largest absolute Gasteiger partial charge is 0.489 e. The van der Waals surface area contributed by atoms with Crippen LogP contribution in [0.3, 0.4) is 0 Å². The highest BCUT2D eigenvalue weighted by Gasteiger charge is 2.32. The Hall–Kier alpha value is -3.35. The standard InChI is InChI=1S/C21H21FN2O4/c1-3-27-20(25)18-13(2)23-21(26)24-19(18)15-6-10-17(11-7-15)28-12-14-4-8-16(22)9-5-14/h4-11,19H,3,12H2,1-2H3,(H2,23,24,26)/t19-/m1/s1. The number of urea groups is 1. The quantitative estimate of drug-likeness (QED) is 0.746. The summed E-state index contributed by atoms with van der Waals surface area (Å²) in [5.41, 5.74) is 2.40. The van der Waals surface area contributed by atoms with Crippen LogP contribution in [0, 0.1) is 5.82 Å². The van der Waals surface area contributed by atoms with Gasteiger partial charge in [0.05, 0.1) is 18.2 Å². The Bertz CT molecular complexity index is 892. The van der Waals surface area contributed by atoms with E-state index in [1.165, 1.54) is 12.1 Å². The molecular formula is C21H21FN2O4. The first-order valence-electron chi connectivity index (χ1n) is 8.90. The number of carbonyl (C=O) groups is 2. The molecule has 0 bridgehead atoms. The molecule has 2 N–H and O–H groups in total. The summed E-state index contributed by atoms with van der Waals surface area (Å²) in [6.45, 7) is 3.94. The molecule has 7 heteroatoms. The first kappa shape index (κ1) is 19.4. The molecule has 1 heterocycles. The maximum Gasteiger partial charge on any atom is 0.338 e. The van der Waals surface area contributed by atoms with Gasteiger partial charge >= 0.3 is 12.0 Å². The molecule has 0 saturated carbocycles. The highest BCUT2D eigenvalue weighted by Crippen LogP contribution is 2.29. The van der Waals surface area contributed by atoms with Gasteiger partial charge < -0.3 is 20.1 Å². The van der Waals surface area contributed by atoms with Crippen molar-refractivity contribution in [1.29, 1.82) is 0 Å². The SMILES string of the molecule is CCOC(=O)C1=C(C)NC(=O)N[C@@H]1c1ccc(OCc2ccc(F)cc2)cc1. The number of benzene rings is 2. The van der Waals surface area contributed by atoms with Crippen LogP contribution >= 0.6 is 0 Å². The minimum absolute atomic E-state index is 0.243. The summed E-state index contributed by atoms with van der Waals surface area (Å²) in [5.74, 6) is -0.154. The predicted molar refractivity (Wildman–Crippen MR) is 101 cm³/mol. The fourth-order valence-electron chi connectivity index (χ4n) is 2.93. The number of ether oxygens (including phenoxy) is 2. The number of halogens is 1. The average molecular weight is 384 g/mol. The van der Waals surface area contributed by atoms with E-state index in [2.05, 4.69) is 10.6 Å². The molecular weight excluding hydrogens is 363 g/mol. The van der Waals surface area contributed by atoms with Gasteiger partial charge in [-0.05, 0) is 49.2 Å². The molecule has 1 atom stereocenters. The van der Waals surface area contributed by atoms with Gasteiger partial charge in [-0.3, -0.25) is 0 Å². The Kier molecular flexibility index (Phi) is 5.93. The van der Waals surface area contributed by atoms with Crippen LogP contribution in [0.1, 0.15) is 31.0 Å².